The highest BCUT2D eigenvalue weighted by Crippen LogP contribution is 2.45. The summed E-state index contributed by atoms with van der Waals surface area (Å²) in [5.74, 6) is 0.328. The standard InChI is InChI=1S/C48H41N3S/c1-32-43(35-16-7-3-8-17-35)31-45(49-46(32)38-18-9-4-10-19-38)37-24-22-36(23-25-37)44-30-41(27-28-42(44)34-14-5-2-6-15-34)48-51-50-47(52-48)40-26-21-33-13-11-12-20-39(33)29-40/h2-11,13-19,21-27,29-31,42-43,47-48,50-51H,1,12,20,28H2. The van der Waals surface area contributed by atoms with Gasteiger partial charge in [0.15, 0.2) is 0 Å². The summed E-state index contributed by atoms with van der Waals surface area (Å²) in [7, 11) is 0. The van der Waals surface area contributed by atoms with Crippen molar-refractivity contribution in [3.8, 4) is 0 Å². The highest BCUT2D eigenvalue weighted by Gasteiger charge is 2.31. The van der Waals surface area contributed by atoms with Crippen molar-refractivity contribution in [2.45, 2.75) is 41.8 Å². The Morgan fingerprint density at radius 1 is 0.673 bits per heavy atom. The molecule has 4 aliphatic rings. The molecule has 1 fully saturated rings. The number of thioether (sulfide) groups is 1. The minimum atomic E-state index is 0.0479. The summed E-state index contributed by atoms with van der Waals surface area (Å²) in [6, 6.07) is 48.0. The van der Waals surface area contributed by atoms with Gasteiger partial charge in [0.2, 0.25) is 0 Å². The minimum absolute atomic E-state index is 0.0479. The fraction of sp³-hybridized carbons (Fsp3) is 0.146. The second-order valence-electron chi connectivity index (χ2n) is 14.0. The van der Waals surface area contributed by atoms with E-state index in [0.717, 1.165) is 47.4 Å². The molecule has 9 rings (SSSR count). The molecule has 0 bridgehead atoms. The van der Waals surface area contributed by atoms with Gasteiger partial charge >= 0.3 is 0 Å². The van der Waals surface area contributed by atoms with Crippen LogP contribution in [0.3, 0.4) is 0 Å². The third-order valence-electron chi connectivity index (χ3n) is 10.7. The number of nitrogens with zero attached hydrogens (tertiary/aromatic N) is 1. The quantitative estimate of drug-likeness (QED) is 0.178. The van der Waals surface area contributed by atoms with E-state index in [4.69, 9.17) is 4.99 Å². The Kier molecular flexibility index (Phi) is 9.04. The molecule has 254 valence electrons. The zero-order chi connectivity index (χ0) is 34.9. The molecule has 4 atom stereocenters. The highest BCUT2D eigenvalue weighted by molar-refractivity contribution is 8.00. The first-order chi connectivity index (χ1) is 25.7. The Bertz CT molecular complexity index is 2260. The number of fused-ring (bicyclic) bond motifs is 1. The van der Waals surface area contributed by atoms with Crippen LogP contribution in [0.1, 0.15) is 74.6 Å². The molecule has 3 nitrogen and oxygen atoms in total. The molecule has 4 heteroatoms. The van der Waals surface area contributed by atoms with Crippen molar-refractivity contribution in [1.82, 2.24) is 10.9 Å². The van der Waals surface area contributed by atoms with E-state index in [9.17, 15) is 0 Å². The molecule has 2 heterocycles. The minimum Gasteiger partial charge on any atom is -0.248 e. The summed E-state index contributed by atoms with van der Waals surface area (Å²) in [6.45, 7) is 4.55. The summed E-state index contributed by atoms with van der Waals surface area (Å²) in [5.41, 5.74) is 23.0. The number of benzene rings is 5. The molecular formula is C48H41N3S. The van der Waals surface area contributed by atoms with Crippen LogP contribution in [0.5, 0.6) is 0 Å². The summed E-state index contributed by atoms with van der Waals surface area (Å²) in [5, 5.41) is 0.360. The lowest BCUT2D eigenvalue weighted by atomic mass is 9.79. The van der Waals surface area contributed by atoms with Crippen LogP contribution < -0.4 is 10.9 Å². The molecule has 4 unspecified atom stereocenters. The molecular weight excluding hydrogens is 651 g/mol. The predicted octanol–water partition coefficient (Wildman–Crippen LogP) is 11.2. The molecule has 52 heavy (non-hydrogen) atoms. The monoisotopic (exact) mass is 691 g/mol. The molecule has 0 spiro atoms. The van der Waals surface area contributed by atoms with Crippen molar-refractivity contribution in [2.24, 2.45) is 4.99 Å². The maximum atomic E-state index is 5.24. The van der Waals surface area contributed by atoms with Crippen molar-refractivity contribution in [3.05, 3.63) is 220 Å². The van der Waals surface area contributed by atoms with Gasteiger partial charge in [-0.3, -0.25) is 0 Å². The van der Waals surface area contributed by atoms with Crippen molar-refractivity contribution < 1.29 is 0 Å². The molecule has 2 N–H and O–H groups in total. The molecule has 0 saturated carbocycles. The fourth-order valence-corrected chi connectivity index (χ4v) is 9.09. The first-order valence-corrected chi connectivity index (χ1v) is 19.3. The van der Waals surface area contributed by atoms with Crippen LogP contribution in [0.4, 0.5) is 0 Å². The number of hydrogen-bond acceptors (Lipinski definition) is 4. The van der Waals surface area contributed by atoms with Gasteiger partial charge < -0.3 is 0 Å². The van der Waals surface area contributed by atoms with Gasteiger partial charge in [-0.25, -0.2) is 15.8 Å². The Morgan fingerprint density at radius 3 is 2.13 bits per heavy atom. The number of rotatable bonds is 7. The molecule has 5 aromatic rings. The maximum Gasteiger partial charge on any atom is 0.0936 e. The van der Waals surface area contributed by atoms with E-state index in [-0.39, 0.29) is 22.6 Å². The normalized spacial score (nSPS) is 22.6. The van der Waals surface area contributed by atoms with Crippen molar-refractivity contribution in [3.63, 3.8) is 0 Å². The fourth-order valence-electron chi connectivity index (χ4n) is 7.92. The third kappa shape index (κ3) is 6.50. The zero-order valence-corrected chi connectivity index (χ0v) is 29.9. The maximum absolute atomic E-state index is 5.24. The average Bonchev–Trinajstić information content (AvgIpc) is 3.72. The van der Waals surface area contributed by atoms with E-state index in [1.807, 2.05) is 17.8 Å². The van der Waals surface area contributed by atoms with Crippen LogP contribution in [0.25, 0.3) is 17.3 Å². The van der Waals surface area contributed by atoms with Crippen LogP contribution >= 0.6 is 11.8 Å². The zero-order valence-electron chi connectivity index (χ0n) is 29.1. The number of nitrogens with one attached hydrogen (secondary N) is 2. The van der Waals surface area contributed by atoms with E-state index < -0.39 is 0 Å². The van der Waals surface area contributed by atoms with Crippen LogP contribution in [0, 0.1) is 0 Å². The van der Waals surface area contributed by atoms with E-state index >= 15 is 0 Å². The Labute approximate surface area is 311 Å². The van der Waals surface area contributed by atoms with Gasteiger partial charge in [0, 0.05) is 17.4 Å². The van der Waals surface area contributed by atoms with Crippen molar-refractivity contribution >= 4 is 34.8 Å². The number of hydrazine groups is 1. The molecule has 0 radical (unpaired) electrons. The second kappa shape index (κ2) is 14.4. The topological polar surface area (TPSA) is 36.4 Å². The second-order valence-corrected chi connectivity index (χ2v) is 15.2. The van der Waals surface area contributed by atoms with Crippen LogP contribution in [-0.2, 0) is 6.42 Å². The van der Waals surface area contributed by atoms with E-state index in [1.165, 1.54) is 44.5 Å². The smallest absolute Gasteiger partial charge is 0.0936 e. The van der Waals surface area contributed by atoms with Crippen LogP contribution in [0.2, 0.25) is 0 Å². The van der Waals surface area contributed by atoms with Crippen LogP contribution in [-0.4, -0.2) is 11.1 Å². The number of aryl methyl sites for hydroxylation is 1. The van der Waals surface area contributed by atoms with E-state index in [0.29, 0.717) is 0 Å². The third-order valence-corrected chi connectivity index (χ3v) is 12.0. The lowest BCUT2D eigenvalue weighted by Crippen LogP contribution is -2.32. The van der Waals surface area contributed by atoms with Gasteiger partial charge in [-0.05, 0) is 81.0 Å². The van der Waals surface area contributed by atoms with Gasteiger partial charge in [-0.2, -0.15) is 0 Å². The molecule has 2 aliphatic carbocycles. The number of allylic oxidation sites excluding steroid dienone is 5. The summed E-state index contributed by atoms with van der Waals surface area (Å²) >= 11 is 1.95. The van der Waals surface area contributed by atoms with Gasteiger partial charge in [0.05, 0.1) is 22.2 Å². The van der Waals surface area contributed by atoms with Gasteiger partial charge in [0.1, 0.15) is 0 Å². The molecule has 0 aromatic heterocycles. The van der Waals surface area contributed by atoms with Gasteiger partial charge in [-0.15, -0.1) is 11.8 Å². The van der Waals surface area contributed by atoms with Crippen molar-refractivity contribution in [1.29, 1.82) is 0 Å². The van der Waals surface area contributed by atoms with Gasteiger partial charge in [-0.1, -0.05) is 164 Å². The molecule has 0 amide bonds. The summed E-state index contributed by atoms with van der Waals surface area (Å²) in [4.78, 5) is 5.24. The lowest BCUT2D eigenvalue weighted by Gasteiger charge is -2.27. The Balaban J connectivity index is 1.03. The lowest BCUT2D eigenvalue weighted by molar-refractivity contribution is 0.570. The summed E-state index contributed by atoms with van der Waals surface area (Å²) in [6.07, 6.45) is 14.9. The summed E-state index contributed by atoms with van der Waals surface area (Å²) < 4.78 is 0. The average molecular weight is 692 g/mol. The Hall–Kier alpha value is -5.26. The van der Waals surface area contributed by atoms with Crippen LogP contribution in [0.15, 0.2) is 180 Å². The van der Waals surface area contributed by atoms with Crippen molar-refractivity contribution in [2.75, 3.05) is 0 Å². The number of hydrogen-bond donors (Lipinski definition) is 2. The molecule has 5 aromatic carbocycles. The number of aliphatic imine (C=N–C) groups is 1. The SMILES string of the molecule is C=C1C(c2ccccc2)=NC(c2ccc(C3=CC(C4NNC(c5ccc6c(c5)CCC=C6)S4)=CCC3c3ccccc3)cc2)=CC1c1ccccc1. The molecule has 2 aliphatic heterocycles. The largest absolute Gasteiger partial charge is 0.248 e. The van der Waals surface area contributed by atoms with E-state index in [1.54, 1.807) is 0 Å². The molecule has 1 saturated heterocycles. The highest BCUT2D eigenvalue weighted by atomic mass is 32.2. The first-order valence-electron chi connectivity index (χ1n) is 18.3. The first kappa shape index (κ1) is 32.6. The van der Waals surface area contributed by atoms with E-state index in [2.05, 4.69) is 175 Å². The van der Waals surface area contributed by atoms with Gasteiger partial charge in [0.25, 0.3) is 0 Å². The Morgan fingerprint density at radius 2 is 1.37 bits per heavy atom. The predicted molar refractivity (Wildman–Crippen MR) is 220 cm³/mol.